The van der Waals surface area contributed by atoms with E-state index < -0.39 is 17.7 Å². The van der Waals surface area contributed by atoms with Crippen molar-refractivity contribution < 1.29 is 8.78 Å². The Kier molecular flexibility index (Phi) is 4.69. The summed E-state index contributed by atoms with van der Waals surface area (Å²) in [7, 11) is 0. The molecular weight excluding hydrogens is 274 g/mol. The Morgan fingerprint density at radius 2 is 2.00 bits per heavy atom. The largest absolute Gasteiger partial charge is 0.271 e. The Balaban J connectivity index is 2.54. The lowest BCUT2D eigenvalue weighted by Crippen LogP contribution is -2.31. The summed E-state index contributed by atoms with van der Waals surface area (Å²) in [6, 6.07) is 4.32. The predicted octanol–water partition coefficient (Wildman–Crippen LogP) is 2.60. The van der Waals surface area contributed by atoms with Crippen LogP contribution in [0.1, 0.15) is 42.4 Å². The summed E-state index contributed by atoms with van der Waals surface area (Å²) in [5.41, 5.74) is 4.62. The lowest BCUT2D eigenvalue weighted by Gasteiger charge is -2.19. The van der Waals surface area contributed by atoms with Gasteiger partial charge in [-0.3, -0.25) is 10.5 Å². The first kappa shape index (κ1) is 15.6. The molecule has 0 aliphatic heterocycles. The first-order chi connectivity index (χ1) is 10.0. The van der Waals surface area contributed by atoms with Gasteiger partial charge in [-0.05, 0) is 31.9 Å². The normalized spacial score (nSPS) is 12.7. The fourth-order valence-corrected chi connectivity index (χ4v) is 2.36. The number of aryl methyl sites for hydroxylation is 3. The second-order valence-corrected chi connectivity index (χ2v) is 4.93. The van der Waals surface area contributed by atoms with Crippen LogP contribution in [-0.2, 0) is 13.0 Å². The Morgan fingerprint density at radius 3 is 2.57 bits per heavy atom. The summed E-state index contributed by atoms with van der Waals surface area (Å²) >= 11 is 0. The number of hydrazine groups is 1. The van der Waals surface area contributed by atoms with E-state index in [1.165, 1.54) is 6.92 Å². The van der Waals surface area contributed by atoms with Gasteiger partial charge in [-0.25, -0.2) is 14.2 Å². The van der Waals surface area contributed by atoms with Gasteiger partial charge in [-0.15, -0.1) is 0 Å². The third kappa shape index (κ3) is 2.82. The van der Waals surface area contributed by atoms with Crippen molar-refractivity contribution in [2.75, 3.05) is 0 Å². The highest BCUT2D eigenvalue weighted by Crippen LogP contribution is 2.27. The number of benzene rings is 1. The van der Waals surface area contributed by atoms with Crippen LogP contribution in [0.25, 0.3) is 0 Å². The smallest absolute Gasteiger partial charge is 0.164 e. The van der Waals surface area contributed by atoms with Crippen molar-refractivity contribution in [1.29, 1.82) is 0 Å². The molecule has 0 bridgehead atoms. The number of halogens is 2. The fourth-order valence-electron chi connectivity index (χ4n) is 2.36. The van der Waals surface area contributed by atoms with Crippen LogP contribution in [0.3, 0.4) is 0 Å². The summed E-state index contributed by atoms with van der Waals surface area (Å²) in [6.07, 6.45) is 0.766. The Hall–Kier alpha value is -1.79. The molecule has 0 radical (unpaired) electrons. The van der Waals surface area contributed by atoms with E-state index in [1.807, 2.05) is 19.9 Å². The van der Waals surface area contributed by atoms with Crippen molar-refractivity contribution in [2.45, 2.75) is 39.8 Å². The second kappa shape index (κ2) is 6.32. The van der Waals surface area contributed by atoms with Crippen LogP contribution in [0, 0.1) is 18.6 Å². The van der Waals surface area contributed by atoms with Crippen LogP contribution >= 0.6 is 0 Å². The summed E-state index contributed by atoms with van der Waals surface area (Å²) in [4.78, 5) is 0. The summed E-state index contributed by atoms with van der Waals surface area (Å²) in [5, 5.41) is 4.42. The maximum atomic E-state index is 14.2. The van der Waals surface area contributed by atoms with Gasteiger partial charge in [-0.1, -0.05) is 19.1 Å². The number of hydrogen-bond donors (Lipinski definition) is 2. The SMILES string of the molecule is CCc1cc(C(NN)c2ccc(C)c(F)c2F)n(CC)n1. The molecule has 1 unspecified atom stereocenters. The van der Waals surface area contributed by atoms with Crippen molar-refractivity contribution in [3.05, 3.63) is 52.3 Å². The lowest BCUT2D eigenvalue weighted by molar-refractivity contribution is 0.468. The highest BCUT2D eigenvalue weighted by molar-refractivity contribution is 5.33. The Morgan fingerprint density at radius 1 is 1.29 bits per heavy atom. The number of rotatable bonds is 5. The molecule has 1 heterocycles. The van der Waals surface area contributed by atoms with Crippen LogP contribution in [0.2, 0.25) is 0 Å². The molecule has 0 fully saturated rings. The molecule has 3 N–H and O–H groups in total. The molecule has 1 aromatic heterocycles. The number of nitrogens with two attached hydrogens (primary N) is 1. The maximum absolute atomic E-state index is 14.2. The molecular formula is C15H20F2N4. The average Bonchev–Trinajstić information content (AvgIpc) is 2.91. The molecule has 6 heteroatoms. The zero-order valence-electron chi connectivity index (χ0n) is 12.5. The minimum Gasteiger partial charge on any atom is -0.271 e. The molecule has 0 aliphatic carbocycles. The van der Waals surface area contributed by atoms with Gasteiger partial charge < -0.3 is 0 Å². The van der Waals surface area contributed by atoms with Crippen LogP contribution in [0.4, 0.5) is 8.78 Å². The molecule has 4 nitrogen and oxygen atoms in total. The molecule has 0 aliphatic rings. The molecule has 0 saturated heterocycles. The fraction of sp³-hybridized carbons (Fsp3) is 0.400. The van der Waals surface area contributed by atoms with Crippen LogP contribution < -0.4 is 11.3 Å². The van der Waals surface area contributed by atoms with Crippen molar-refractivity contribution in [2.24, 2.45) is 5.84 Å². The molecule has 114 valence electrons. The first-order valence-corrected chi connectivity index (χ1v) is 7.00. The average molecular weight is 294 g/mol. The molecule has 2 aromatic rings. The second-order valence-electron chi connectivity index (χ2n) is 4.93. The molecule has 1 aromatic carbocycles. The quantitative estimate of drug-likeness (QED) is 0.658. The van der Waals surface area contributed by atoms with Crippen LogP contribution in [0.15, 0.2) is 18.2 Å². The van der Waals surface area contributed by atoms with Crippen molar-refractivity contribution >= 4 is 0 Å². The summed E-state index contributed by atoms with van der Waals surface area (Å²) in [6.45, 7) is 6.08. The minimum absolute atomic E-state index is 0.179. The minimum atomic E-state index is -0.875. The Bertz CT molecular complexity index is 637. The number of nitrogens with zero attached hydrogens (tertiary/aromatic N) is 2. The van der Waals surface area contributed by atoms with Gasteiger partial charge >= 0.3 is 0 Å². The Labute approximate surface area is 122 Å². The standard InChI is InChI=1S/C15H20F2N4/c1-4-10-8-12(21(5-2)20-10)15(19-18)11-7-6-9(3)13(16)14(11)17/h6-8,15,19H,4-5,18H2,1-3H3. The van der Waals surface area contributed by atoms with Gasteiger partial charge in [0.05, 0.1) is 17.4 Å². The van der Waals surface area contributed by atoms with E-state index in [0.29, 0.717) is 6.54 Å². The third-order valence-corrected chi connectivity index (χ3v) is 3.60. The van der Waals surface area contributed by atoms with E-state index in [-0.39, 0.29) is 11.1 Å². The third-order valence-electron chi connectivity index (χ3n) is 3.60. The monoisotopic (exact) mass is 294 g/mol. The summed E-state index contributed by atoms with van der Waals surface area (Å²) < 4.78 is 29.8. The number of hydrogen-bond acceptors (Lipinski definition) is 3. The van der Waals surface area contributed by atoms with Gasteiger partial charge in [-0.2, -0.15) is 5.10 Å². The molecule has 21 heavy (non-hydrogen) atoms. The number of aromatic nitrogens is 2. The molecule has 0 spiro atoms. The highest BCUT2D eigenvalue weighted by Gasteiger charge is 2.23. The predicted molar refractivity (Wildman–Crippen MR) is 77.5 cm³/mol. The number of nitrogens with one attached hydrogen (secondary N) is 1. The van der Waals surface area contributed by atoms with Gasteiger partial charge in [0, 0.05) is 12.1 Å². The lowest BCUT2D eigenvalue weighted by atomic mass is 10.0. The van der Waals surface area contributed by atoms with Gasteiger partial charge in [0.1, 0.15) is 0 Å². The molecule has 0 saturated carbocycles. The summed E-state index contributed by atoms with van der Waals surface area (Å²) in [5.74, 6) is 3.87. The van der Waals surface area contributed by atoms with Gasteiger partial charge in [0.15, 0.2) is 11.6 Å². The first-order valence-electron chi connectivity index (χ1n) is 7.00. The maximum Gasteiger partial charge on any atom is 0.164 e. The van der Waals surface area contributed by atoms with Crippen molar-refractivity contribution in [3.63, 3.8) is 0 Å². The van der Waals surface area contributed by atoms with E-state index in [4.69, 9.17) is 5.84 Å². The molecule has 2 rings (SSSR count). The van der Waals surface area contributed by atoms with Crippen LogP contribution in [-0.4, -0.2) is 9.78 Å². The van der Waals surface area contributed by atoms with E-state index in [2.05, 4.69) is 10.5 Å². The van der Waals surface area contributed by atoms with Gasteiger partial charge in [0.2, 0.25) is 0 Å². The topological polar surface area (TPSA) is 55.9 Å². The van der Waals surface area contributed by atoms with Crippen molar-refractivity contribution in [1.82, 2.24) is 15.2 Å². The highest BCUT2D eigenvalue weighted by atomic mass is 19.2. The van der Waals surface area contributed by atoms with E-state index in [0.717, 1.165) is 17.8 Å². The molecule has 0 amide bonds. The molecule has 1 atom stereocenters. The van der Waals surface area contributed by atoms with E-state index >= 15 is 0 Å². The zero-order valence-corrected chi connectivity index (χ0v) is 12.5. The van der Waals surface area contributed by atoms with E-state index in [9.17, 15) is 8.78 Å². The van der Waals surface area contributed by atoms with Crippen LogP contribution in [0.5, 0.6) is 0 Å². The zero-order chi connectivity index (χ0) is 15.6. The van der Waals surface area contributed by atoms with Crippen molar-refractivity contribution in [3.8, 4) is 0 Å². The van der Waals surface area contributed by atoms with Gasteiger partial charge in [0.25, 0.3) is 0 Å². The van der Waals surface area contributed by atoms with E-state index in [1.54, 1.807) is 16.8 Å².